The predicted octanol–water partition coefficient (Wildman–Crippen LogP) is 4.06. The van der Waals surface area contributed by atoms with Crippen LogP contribution >= 0.6 is 11.6 Å². The van der Waals surface area contributed by atoms with Gasteiger partial charge in [-0.3, -0.25) is 0 Å². The topological polar surface area (TPSA) is 35.2 Å². The molecule has 2 N–H and O–H groups in total. The lowest BCUT2D eigenvalue weighted by Crippen LogP contribution is -2.18. The molecule has 1 aliphatic heterocycles. The highest BCUT2D eigenvalue weighted by Gasteiger charge is 2.20. The molecule has 2 unspecified atom stereocenters. The Morgan fingerprint density at radius 1 is 1.21 bits per heavy atom. The van der Waals surface area contributed by atoms with Gasteiger partial charge in [0.15, 0.2) is 0 Å². The molecule has 3 rings (SSSR count). The number of ether oxygens (including phenoxy) is 1. The minimum atomic E-state index is 0.00488. The van der Waals surface area contributed by atoms with Gasteiger partial charge >= 0.3 is 0 Å². The van der Waals surface area contributed by atoms with Crippen LogP contribution in [0, 0.1) is 0 Å². The maximum Gasteiger partial charge on any atom is 0.0594 e. The Morgan fingerprint density at radius 2 is 2.00 bits per heavy atom. The van der Waals surface area contributed by atoms with Gasteiger partial charge in [0.2, 0.25) is 0 Å². The fourth-order valence-electron chi connectivity index (χ4n) is 2.85. The van der Waals surface area contributed by atoms with Gasteiger partial charge in [-0.15, -0.1) is 0 Å². The van der Waals surface area contributed by atoms with E-state index in [1.807, 2.05) is 30.3 Å². The number of hydrogen-bond acceptors (Lipinski definition) is 2. The fraction of sp³-hybridized carbons (Fsp3) is 0.375. The Morgan fingerprint density at radius 3 is 2.74 bits per heavy atom. The molecule has 0 radical (unpaired) electrons. The summed E-state index contributed by atoms with van der Waals surface area (Å²) in [5.41, 5.74) is 7.53. The van der Waals surface area contributed by atoms with Crippen molar-refractivity contribution >= 4 is 22.4 Å². The summed E-state index contributed by atoms with van der Waals surface area (Å²) in [7, 11) is 0. The SMILES string of the molecule is NC(CC1CCCO1)c1ccc(Cl)c2ccccc12. The van der Waals surface area contributed by atoms with Crippen LogP contribution in [0.2, 0.25) is 5.02 Å². The molecule has 0 bridgehead atoms. The van der Waals surface area contributed by atoms with Crippen molar-refractivity contribution in [2.45, 2.75) is 31.4 Å². The summed E-state index contributed by atoms with van der Waals surface area (Å²) in [5.74, 6) is 0. The normalized spacial score (nSPS) is 20.8. The number of rotatable bonds is 3. The number of halogens is 1. The Kier molecular flexibility index (Phi) is 3.74. The van der Waals surface area contributed by atoms with Crippen LogP contribution in [0.3, 0.4) is 0 Å². The molecule has 0 spiro atoms. The zero-order chi connectivity index (χ0) is 13.2. The zero-order valence-electron chi connectivity index (χ0n) is 10.8. The maximum absolute atomic E-state index is 6.37. The van der Waals surface area contributed by atoms with E-state index in [1.54, 1.807) is 0 Å². The monoisotopic (exact) mass is 275 g/mol. The van der Waals surface area contributed by atoms with Crippen LogP contribution in [0.15, 0.2) is 36.4 Å². The molecular formula is C16H18ClNO. The summed E-state index contributed by atoms with van der Waals surface area (Å²) >= 11 is 6.24. The highest BCUT2D eigenvalue weighted by atomic mass is 35.5. The van der Waals surface area contributed by atoms with E-state index in [2.05, 4.69) is 6.07 Å². The van der Waals surface area contributed by atoms with Crippen molar-refractivity contribution in [3.8, 4) is 0 Å². The minimum Gasteiger partial charge on any atom is -0.378 e. The number of fused-ring (bicyclic) bond motifs is 1. The molecule has 0 saturated carbocycles. The minimum absolute atomic E-state index is 0.00488. The Balaban J connectivity index is 1.93. The van der Waals surface area contributed by atoms with Gasteiger partial charge < -0.3 is 10.5 Å². The standard InChI is InChI=1S/C16H18ClNO/c17-15-8-7-14(12-5-1-2-6-13(12)15)16(18)10-11-4-3-9-19-11/h1-2,5-8,11,16H,3-4,9-10,18H2. The van der Waals surface area contributed by atoms with Gasteiger partial charge in [-0.05, 0) is 36.3 Å². The van der Waals surface area contributed by atoms with E-state index < -0.39 is 0 Å². The molecule has 0 amide bonds. The van der Waals surface area contributed by atoms with Crippen molar-refractivity contribution in [1.82, 2.24) is 0 Å². The predicted molar refractivity (Wildman–Crippen MR) is 79.5 cm³/mol. The van der Waals surface area contributed by atoms with Crippen molar-refractivity contribution < 1.29 is 4.74 Å². The van der Waals surface area contributed by atoms with Crippen LogP contribution in [-0.4, -0.2) is 12.7 Å². The first-order valence-corrected chi connectivity index (χ1v) is 7.18. The van der Waals surface area contributed by atoms with Gasteiger partial charge in [-0.2, -0.15) is 0 Å². The Labute approximate surface area is 118 Å². The summed E-state index contributed by atoms with van der Waals surface area (Å²) in [6, 6.07) is 12.2. The van der Waals surface area contributed by atoms with E-state index >= 15 is 0 Å². The molecule has 2 nitrogen and oxygen atoms in total. The highest BCUT2D eigenvalue weighted by Crippen LogP contribution is 2.32. The molecule has 100 valence electrons. The molecule has 3 heteroatoms. The highest BCUT2D eigenvalue weighted by molar-refractivity contribution is 6.35. The molecule has 0 aromatic heterocycles. The van der Waals surface area contributed by atoms with Crippen molar-refractivity contribution in [2.75, 3.05) is 6.61 Å². The first-order chi connectivity index (χ1) is 9.25. The lowest BCUT2D eigenvalue weighted by atomic mass is 9.95. The third kappa shape index (κ3) is 2.62. The summed E-state index contributed by atoms with van der Waals surface area (Å²) < 4.78 is 5.67. The van der Waals surface area contributed by atoms with Gasteiger partial charge in [-0.25, -0.2) is 0 Å². The van der Waals surface area contributed by atoms with E-state index in [0.717, 1.165) is 47.2 Å². The van der Waals surface area contributed by atoms with Gasteiger partial charge in [-0.1, -0.05) is 41.9 Å². The first-order valence-electron chi connectivity index (χ1n) is 6.80. The van der Waals surface area contributed by atoms with Crippen LogP contribution in [0.4, 0.5) is 0 Å². The molecule has 19 heavy (non-hydrogen) atoms. The van der Waals surface area contributed by atoms with Crippen LogP contribution in [0.1, 0.15) is 30.9 Å². The summed E-state index contributed by atoms with van der Waals surface area (Å²) in [5, 5.41) is 3.01. The van der Waals surface area contributed by atoms with Crippen molar-refractivity contribution in [3.05, 3.63) is 47.0 Å². The van der Waals surface area contributed by atoms with Gasteiger partial charge in [0.25, 0.3) is 0 Å². The van der Waals surface area contributed by atoms with Gasteiger partial charge in [0, 0.05) is 23.1 Å². The molecule has 2 atom stereocenters. The maximum atomic E-state index is 6.37. The number of hydrogen-bond donors (Lipinski definition) is 1. The lowest BCUT2D eigenvalue weighted by molar-refractivity contribution is 0.0984. The van der Waals surface area contributed by atoms with Crippen molar-refractivity contribution in [3.63, 3.8) is 0 Å². The average molecular weight is 276 g/mol. The molecule has 1 fully saturated rings. The second-order valence-corrected chi connectivity index (χ2v) is 5.57. The van der Waals surface area contributed by atoms with E-state index in [0.29, 0.717) is 6.10 Å². The van der Waals surface area contributed by atoms with E-state index in [1.165, 1.54) is 0 Å². The quantitative estimate of drug-likeness (QED) is 0.917. The summed E-state index contributed by atoms with van der Waals surface area (Å²) in [6.07, 6.45) is 3.47. The molecule has 0 aliphatic carbocycles. The third-order valence-electron chi connectivity index (χ3n) is 3.84. The largest absolute Gasteiger partial charge is 0.378 e. The molecule has 1 saturated heterocycles. The van der Waals surface area contributed by atoms with E-state index in [4.69, 9.17) is 22.1 Å². The van der Waals surface area contributed by atoms with Crippen LogP contribution in [0.25, 0.3) is 10.8 Å². The smallest absolute Gasteiger partial charge is 0.0594 e. The molecule has 1 aliphatic rings. The van der Waals surface area contributed by atoms with Gasteiger partial charge in [0.05, 0.1) is 6.10 Å². The van der Waals surface area contributed by atoms with Gasteiger partial charge in [0.1, 0.15) is 0 Å². The molecular weight excluding hydrogens is 258 g/mol. The fourth-order valence-corrected chi connectivity index (χ4v) is 3.08. The number of nitrogens with two attached hydrogens (primary N) is 1. The van der Waals surface area contributed by atoms with Crippen LogP contribution < -0.4 is 5.73 Å². The van der Waals surface area contributed by atoms with E-state index in [-0.39, 0.29) is 6.04 Å². The lowest BCUT2D eigenvalue weighted by Gasteiger charge is -2.18. The van der Waals surface area contributed by atoms with Crippen LogP contribution in [-0.2, 0) is 4.74 Å². The first kappa shape index (κ1) is 12.9. The average Bonchev–Trinajstić information content (AvgIpc) is 2.92. The second kappa shape index (κ2) is 5.49. The molecule has 2 aromatic carbocycles. The van der Waals surface area contributed by atoms with Crippen molar-refractivity contribution in [1.29, 1.82) is 0 Å². The molecule has 2 aromatic rings. The third-order valence-corrected chi connectivity index (χ3v) is 4.17. The van der Waals surface area contributed by atoms with Crippen molar-refractivity contribution in [2.24, 2.45) is 5.73 Å². The Hall–Kier alpha value is -1.09. The zero-order valence-corrected chi connectivity index (χ0v) is 11.6. The summed E-state index contributed by atoms with van der Waals surface area (Å²) in [6.45, 7) is 0.874. The second-order valence-electron chi connectivity index (χ2n) is 5.16. The summed E-state index contributed by atoms with van der Waals surface area (Å²) in [4.78, 5) is 0. The van der Waals surface area contributed by atoms with Crippen LogP contribution in [0.5, 0.6) is 0 Å². The molecule has 1 heterocycles. The van der Waals surface area contributed by atoms with E-state index in [9.17, 15) is 0 Å². The Bertz CT molecular complexity index is 578. The number of benzene rings is 2.